The Balaban J connectivity index is 1.23. The van der Waals surface area contributed by atoms with Gasteiger partial charge in [-0.1, -0.05) is 135 Å². The number of aliphatic hydroxyl groups is 1. The molecule has 4 aliphatic rings. The van der Waals surface area contributed by atoms with E-state index in [1.54, 1.807) is 79.7 Å². The number of nitrogens with zero attached hydrogens (tertiary/aromatic N) is 7. The number of urea groups is 1. The molecule has 10 rings (SSSR count). The van der Waals surface area contributed by atoms with Crippen LogP contribution in [0.3, 0.4) is 0 Å². The maximum Gasteiger partial charge on any atom is 0.329 e. The molecule has 0 radical (unpaired) electrons. The van der Waals surface area contributed by atoms with Crippen LogP contribution in [0.1, 0.15) is 65.4 Å². The Morgan fingerprint density at radius 1 is 0.833 bits per heavy atom. The van der Waals surface area contributed by atoms with E-state index < -0.39 is 77.3 Å². The Morgan fingerprint density at radius 2 is 1.49 bits per heavy atom. The molecule has 0 unspecified atom stereocenters. The zero-order valence-electron chi connectivity index (χ0n) is 44.0. The number of nitrogens with one attached hydrogen (secondary N) is 1. The van der Waals surface area contributed by atoms with E-state index in [2.05, 4.69) is 32.0 Å². The largest absolute Gasteiger partial charge is 0.491 e. The number of morpholine rings is 1. The molecule has 2 N–H and O–H groups in total. The number of cyclic esters (lactones) is 1. The van der Waals surface area contributed by atoms with Crippen molar-refractivity contribution in [3.8, 4) is 17.6 Å². The normalized spacial score (nSPS) is 22.1. The molecular weight excluding hydrogens is 989 g/mol. The number of piperazine rings is 1. The van der Waals surface area contributed by atoms with Crippen LogP contribution in [-0.2, 0) is 40.6 Å². The number of carbonyl (C=O) groups excluding carboxylic acids is 5. The van der Waals surface area contributed by atoms with E-state index in [9.17, 15) is 9.90 Å². The Bertz CT molecular complexity index is 3210. The number of imide groups is 1. The summed E-state index contributed by atoms with van der Waals surface area (Å²) in [6, 6.07) is 37.1. The second-order valence-corrected chi connectivity index (χ2v) is 20.3. The molecular formula is C61H62N8O9. The van der Waals surface area contributed by atoms with E-state index in [1.807, 2.05) is 108 Å². The molecule has 3 saturated heterocycles. The minimum absolute atomic E-state index is 0.128. The molecule has 5 heterocycles. The van der Waals surface area contributed by atoms with Crippen LogP contribution in [0.4, 0.5) is 16.4 Å². The maximum atomic E-state index is 17.0. The van der Waals surface area contributed by atoms with Crippen molar-refractivity contribution in [1.29, 1.82) is 0 Å². The van der Waals surface area contributed by atoms with Gasteiger partial charge in [-0.3, -0.25) is 24.2 Å². The predicted molar refractivity (Wildman–Crippen MR) is 291 cm³/mol. The second-order valence-electron chi connectivity index (χ2n) is 20.3. The van der Waals surface area contributed by atoms with Gasteiger partial charge in [-0.05, 0) is 65.6 Å². The summed E-state index contributed by atoms with van der Waals surface area (Å²) in [5.74, 6) is 2.55. The molecule has 78 heavy (non-hydrogen) atoms. The van der Waals surface area contributed by atoms with Crippen LogP contribution in [0.5, 0.6) is 5.75 Å². The fourth-order valence-corrected chi connectivity index (χ4v) is 11.8. The number of hydrogen-bond acceptors (Lipinski definition) is 14. The van der Waals surface area contributed by atoms with Crippen molar-refractivity contribution in [2.75, 3.05) is 69.9 Å². The molecule has 1 aromatic heterocycles. The monoisotopic (exact) mass is 1050 g/mol. The highest BCUT2D eigenvalue weighted by Gasteiger charge is 2.76. The van der Waals surface area contributed by atoms with Gasteiger partial charge in [0.05, 0.1) is 44.0 Å². The molecule has 0 bridgehead atoms. The van der Waals surface area contributed by atoms with Crippen LogP contribution in [0.25, 0.3) is 0 Å². The summed E-state index contributed by atoms with van der Waals surface area (Å²) in [6.45, 7) is 5.04. The Kier molecular flexibility index (Phi) is 15.7. The summed E-state index contributed by atoms with van der Waals surface area (Å²) < 4.78 is 18.3. The number of rotatable bonds is 14. The minimum atomic E-state index is -2.15. The second kappa shape index (κ2) is 23.0. The number of fused-ring (bicyclic) bond motifs is 3. The molecule has 400 valence electrons. The first-order valence-corrected chi connectivity index (χ1v) is 26.3. The Labute approximate surface area is 453 Å². The lowest BCUT2D eigenvalue weighted by atomic mass is 9.64. The van der Waals surface area contributed by atoms with Gasteiger partial charge in [0.2, 0.25) is 17.8 Å². The third-order valence-electron chi connectivity index (χ3n) is 15.2. The van der Waals surface area contributed by atoms with Crippen molar-refractivity contribution in [3.63, 3.8) is 0 Å². The van der Waals surface area contributed by atoms with Crippen molar-refractivity contribution in [2.24, 2.45) is 11.8 Å². The van der Waals surface area contributed by atoms with E-state index in [4.69, 9.17) is 14.2 Å². The van der Waals surface area contributed by atoms with Gasteiger partial charge in [0.15, 0.2) is 0 Å². The summed E-state index contributed by atoms with van der Waals surface area (Å²) in [5, 5.41) is 13.1. The Morgan fingerprint density at radius 3 is 2.15 bits per heavy atom. The lowest BCUT2D eigenvalue weighted by molar-refractivity contribution is -0.179. The molecule has 1 spiro atoms. The third-order valence-corrected chi connectivity index (χ3v) is 15.2. The summed E-state index contributed by atoms with van der Waals surface area (Å²) in [7, 11) is 3.19. The van der Waals surface area contributed by atoms with Gasteiger partial charge in [0, 0.05) is 56.2 Å². The molecule has 3 fully saturated rings. The average molecular weight is 1050 g/mol. The van der Waals surface area contributed by atoms with Crippen molar-refractivity contribution >= 4 is 41.4 Å². The molecule has 4 amide bonds. The highest BCUT2D eigenvalue weighted by molar-refractivity contribution is 6.25. The third kappa shape index (κ3) is 9.94. The first kappa shape index (κ1) is 53.0. The minimum Gasteiger partial charge on any atom is -0.491 e. The fraction of sp³-hybridized carbons (Fsp3) is 0.328. The number of carbonyl (C=O) groups is 5. The maximum absolute atomic E-state index is 17.0. The molecule has 6 aromatic rings. The number of methoxy groups -OCH3 is 1. The lowest BCUT2D eigenvalue weighted by Gasteiger charge is -2.46. The van der Waals surface area contributed by atoms with Gasteiger partial charge in [-0.2, -0.15) is 0 Å². The topological polar surface area (TPSA) is 187 Å². The average Bonchev–Trinajstić information content (AvgIpc) is 4.10. The van der Waals surface area contributed by atoms with Crippen molar-refractivity contribution in [1.82, 2.24) is 30.0 Å². The van der Waals surface area contributed by atoms with Gasteiger partial charge in [0.1, 0.15) is 36.0 Å². The van der Waals surface area contributed by atoms with Gasteiger partial charge in [-0.25, -0.2) is 24.5 Å². The number of aliphatic hydroxyl groups excluding tert-OH is 1. The smallest absolute Gasteiger partial charge is 0.329 e. The van der Waals surface area contributed by atoms with Crippen LogP contribution in [0.2, 0.25) is 0 Å². The summed E-state index contributed by atoms with van der Waals surface area (Å²) in [6.07, 6.45) is 2.33. The van der Waals surface area contributed by atoms with Crippen LogP contribution in [0.15, 0.2) is 152 Å². The number of para-hydroxylation sites is 1. The van der Waals surface area contributed by atoms with E-state index in [0.29, 0.717) is 48.8 Å². The van der Waals surface area contributed by atoms with Crippen LogP contribution in [0, 0.1) is 23.7 Å². The summed E-state index contributed by atoms with van der Waals surface area (Å²) in [5.41, 5.74) is 1.63. The zero-order chi connectivity index (χ0) is 54.5. The van der Waals surface area contributed by atoms with Crippen molar-refractivity contribution in [3.05, 3.63) is 185 Å². The highest BCUT2D eigenvalue weighted by atomic mass is 16.6. The van der Waals surface area contributed by atoms with Crippen LogP contribution >= 0.6 is 0 Å². The lowest BCUT2D eigenvalue weighted by Crippen LogP contribution is -2.60. The van der Waals surface area contributed by atoms with Gasteiger partial charge in [0.25, 0.3) is 0 Å². The number of hydrogen-bond donors (Lipinski definition) is 2. The number of aromatic nitrogens is 2. The van der Waals surface area contributed by atoms with E-state index in [1.165, 1.54) is 7.11 Å². The van der Waals surface area contributed by atoms with E-state index in [-0.39, 0.29) is 43.3 Å². The molecule has 17 heteroatoms. The summed E-state index contributed by atoms with van der Waals surface area (Å²) in [4.78, 5) is 95.7. The summed E-state index contributed by atoms with van der Waals surface area (Å²) >= 11 is 0. The van der Waals surface area contributed by atoms with Gasteiger partial charge in [-0.15, -0.1) is 0 Å². The number of esters is 2. The quantitative estimate of drug-likeness (QED) is 0.0921. The number of ether oxygens (including phenoxy) is 3. The number of benzene rings is 5. The predicted octanol–water partition coefficient (Wildman–Crippen LogP) is 6.25. The standard InChI is InChI=1S/C61H62N8O9/c1-40(2)50(56(72)76-4)64-60(75)68-47-28-27-41(20-16-31-65(3)39-42-18-8-5-9-19-42)38-46(47)61(58(68)74)49(55(71)66-32-34-67(35-33-66)59-62-29-17-30-63-59)52-57(73)78-53(44-23-12-7-13-24-44)51(43-21-10-6-11-22-43)69(52)54(61)45-25-14-15-26-48(45)77-37-36-70/h5-15,17-19,21-30,38,40,49-54,70H,31-37,39H2,1-4H3,(H,64,75)/t49-,50+,51-,52-,53+,54+,61-/m1/s1. The SMILES string of the molecule is COC(=O)[C@@H](NC(=O)N1C(=O)[C@@]2(c3cc(C#CCN(C)Cc4ccccc4)ccc31)[C@H](c1ccccc1OCCO)N1[C@H](c3ccccc3)[C@H](c3ccccc3)OC(=O)[C@H]1[C@@H]2C(=O)N1CCN(c2ncccn2)CC1)C(C)C. The number of amides is 4. The van der Waals surface area contributed by atoms with E-state index >= 15 is 19.2 Å². The Hall–Kier alpha value is -8.43. The highest BCUT2D eigenvalue weighted by Crippen LogP contribution is 2.67. The molecule has 7 atom stereocenters. The van der Waals surface area contributed by atoms with Crippen molar-refractivity contribution < 1.29 is 43.3 Å². The number of anilines is 2. The van der Waals surface area contributed by atoms with Crippen LogP contribution < -0.4 is 19.9 Å². The molecule has 4 aliphatic heterocycles. The molecule has 17 nitrogen and oxygen atoms in total. The first-order valence-electron chi connectivity index (χ1n) is 26.3. The van der Waals surface area contributed by atoms with Gasteiger partial charge < -0.3 is 34.4 Å². The van der Waals surface area contributed by atoms with Crippen LogP contribution in [-0.4, -0.2) is 132 Å². The zero-order valence-corrected chi connectivity index (χ0v) is 44.0. The molecule has 5 aromatic carbocycles. The van der Waals surface area contributed by atoms with E-state index in [0.717, 1.165) is 16.0 Å². The van der Waals surface area contributed by atoms with Gasteiger partial charge >= 0.3 is 18.0 Å². The fourth-order valence-electron chi connectivity index (χ4n) is 11.8. The molecule has 0 aliphatic carbocycles. The van der Waals surface area contributed by atoms with Crippen molar-refractivity contribution in [2.45, 2.75) is 56.1 Å². The first-order chi connectivity index (χ1) is 38.0. The molecule has 0 saturated carbocycles.